The molecule has 1 fully saturated rings. The van der Waals surface area contributed by atoms with Crippen molar-refractivity contribution >= 4 is 27.5 Å². The quantitative estimate of drug-likeness (QED) is 0.868. The average molecular weight is 300 g/mol. The fraction of sp³-hybridized carbons (Fsp3) is 0.538. The van der Waals surface area contributed by atoms with Crippen LogP contribution in [0.5, 0.6) is 0 Å². The second kappa shape index (κ2) is 5.73. The van der Waals surface area contributed by atoms with E-state index in [4.69, 9.17) is 5.73 Å². The van der Waals surface area contributed by atoms with E-state index in [1.165, 1.54) is 0 Å². The monoisotopic (exact) mass is 300 g/mol. The topological polar surface area (TPSA) is 63.4 Å². The first-order valence-electron chi connectivity index (χ1n) is 6.43. The SMILES string of the molecule is CCC1CN(S(=O)(=O)c2ccc(N)c(C)c2)CCS1. The molecule has 0 radical (unpaired) electrons. The maximum atomic E-state index is 12.6. The van der Waals surface area contributed by atoms with Gasteiger partial charge in [0.15, 0.2) is 0 Å². The zero-order valence-corrected chi connectivity index (χ0v) is 12.9. The zero-order chi connectivity index (χ0) is 14.0. The summed E-state index contributed by atoms with van der Waals surface area (Å²) in [5.41, 5.74) is 7.17. The third-order valence-electron chi connectivity index (χ3n) is 3.44. The molecule has 2 rings (SSSR count). The summed E-state index contributed by atoms with van der Waals surface area (Å²) in [6.45, 7) is 5.12. The molecule has 1 aromatic rings. The van der Waals surface area contributed by atoms with Gasteiger partial charge in [0.05, 0.1) is 4.90 Å². The summed E-state index contributed by atoms with van der Waals surface area (Å²) in [4.78, 5) is 0.348. The zero-order valence-electron chi connectivity index (χ0n) is 11.3. The van der Waals surface area contributed by atoms with E-state index in [2.05, 4.69) is 6.92 Å². The molecular weight excluding hydrogens is 280 g/mol. The Hall–Kier alpha value is -0.720. The van der Waals surface area contributed by atoms with Crippen LogP contribution in [0.15, 0.2) is 23.1 Å². The van der Waals surface area contributed by atoms with Crippen molar-refractivity contribution in [3.63, 3.8) is 0 Å². The number of thioether (sulfide) groups is 1. The van der Waals surface area contributed by atoms with Crippen molar-refractivity contribution in [1.29, 1.82) is 0 Å². The highest BCUT2D eigenvalue weighted by atomic mass is 32.2. The minimum absolute atomic E-state index is 0.348. The maximum absolute atomic E-state index is 12.6. The predicted octanol–water partition coefficient (Wildman–Crippen LogP) is 2.09. The Balaban J connectivity index is 2.28. The van der Waals surface area contributed by atoms with Gasteiger partial charge in [-0.1, -0.05) is 6.92 Å². The van der Waals surface area contributed by atoms with Crippen LogP contribution in [0.4, 0.5) is 5.69 Å². The molecule has 1 aliphatic rings. The first kappa shape index (κ1) is 14.7. The minimum Gasteiger partial charge on any atom is -0.399 e. The van der Waals surface area contributed by atoms with Crippen LogP contribution in [0.25, 0.3) is 0 Å². The largest absolute Gasteiger partial charge is 0.399 e. The molecular formula is C13H20N2O2S2. The van der Waals surface area contributed by atoms with Crippen molar-refractivity contribution < 1.29 is 8.42 Å². The van der Waals surface area contributed by atoms with E-state index in [9.17, 15) is 8.42 Å². The molecule has 0 aromatic heterocycles. The lowest BCUT2D eigenvalue weighted by Gasteiger charge is -2.31. The molecule has 0 amide bonds. The van der Waals surface area contributed by atoms with Gasteiger partial charge in [-0.25, -0.2) is 8.42 Å². The number of rotatable bonds is 3. The molecule has 2 N–H and O–H groups in total. The van der Waals surface area contributed by atoms with E-state index in [-0.39, 0.29) is 0 Å². The van der Waals surface area contributed by atoms with E-state index in [0.29, 0.717) is 28.9 Å². The van der Waals surface area contributed by atoms with Crippen LogP contribution in [0.3, 0.4) is 0 Å². The van der Waals surface area contributed by atoms with Gasteiger partial charge < -0.3 is 5.73 Å². The van der Waals surface area contributed by atoms with E-state index in [1.54, 1.807) is 22.5 Å². The van der Waals surface area contributed by atoms with Crippen molar-refractivity contribution in [3.05, 3.63) is 23.8 Å². The molecule has 0 bridgehead atoms. The summed E-state index contributed by atoms with van der Waals surface area (Å²) >= 11 is 1.86. The van der Waals surface area contributed by atoms with Crippen molar-refractivity contribution in [2.24, 2.45) is 0 Å². The molecule has 19 heavy (non-hydrogen) atoms. The number of aryl methyl sites for hydroxylation is 1. The van der Waals surface area contributed by atoms with E-state index >= 15 is 0 Å². The van der Waals surface area contributed by atoms with Gasteiger partial charge in [0, 0.05) is 29.8 Å². The van der Waals surface area contributed by atoms with Crippen molar-refractivity contribution in [2.45, 2.75) is 30.4 Å². The number of hydrogen-bond acceptors (Lipinski definition) is 4. The van der Waals surface area contributed by atoms with Gasteiger partial charge in [0.25, 0.3) is 0 Å². The molecule has 1 heterocycles. The lowest BCUT2D eigenvalue weighted by Crippen LogP contribution is -2.41. The lowest BCUT2D eigenvalue weighted by molar-refractivity contribution is 0.416. The van der Waals surface area contributed by atoms with Gasteiger partial charge in [-0.15, -0.1) is 0 Å². The molecule has 106 valence electrons. The number of nitrogen functional groups attached to an aromatic ring is 1. The number of nitrogens with two attached hydrogens (primary N) is 1. The summed E-state index contributed by atoms with van der Waals surface area (Å²) in [7, 11) is -3.38. The van der Waals surface area contributed by atoms with Gasteiger partial charge >= 0.3 is 0 Å². The third-order valence-corrected chi connectivity index (χ3v) is 6.67. The van der Waals surface area contributed by atoms with E-state index in [0.717, 1.165) is 17.7 Å². The minimum atomic E-state index is -3.38. The molecule has 4 nitrogen and oxygen atoms in total. The van der Waals surface area contributed by atoms with Gasteiger partial charge in [0.1, 0.15) is 0 Å². The number of benzene rings is 1. The van der Waals surface area contributed by atoms with Crippen LogP contribution in [0.1, 0.15) is 18.9 Å². The summed E-state index contributed by atoms with van der Waals surface area (Å²) in [5, 5.41) is 0.401. The molecule has 6 heteroatoms. The lowest BCUT2D eigenvalue weighted by atomic mass is 10.2. The highest BCUT2D eigenvalue weighted by molar-refractivity contribution is 8.00. The molecule has 1 aromatic carbocycles. The number of hydrogen-bond donors (Lipinski definition) is 1. The van der Waals surface area contributed by atoms with Gasteiger partial charge in [-0.05, 0) is 37.1 Å². The molecule has 0 saturated carbocycles. The van der Waals surface area contributed by atoms with Gasteiger partial charge in [0.2, 0.25) is 10.0 Å². The van der Waals surface area contributed by atoms with Crippen LogP contribution in [0, 0.1) is 6.92 Å². The maximum Gasteiger partial charge on any atom is 0.243 e. The highest BCUT2D eigenvalue weighted by Gasteiger charge is 2.29. The van der Waals surface area contributed by atoms with Crippen LogP contribution < -0.4 is 5.73 Å². The molecule has 1 unspecified atom stereocenters. The van der Waals surface area contributed by atoms with Crippen molar-refractivity contribution in [3.8, 4) is 0 Å². The normalized spacial score (nSPS) is 21.5. The first-order valence-corrected chi connectivity index (χ1v) is 8.92. The Bertz CT molecular complexity index is 558. The first-order chi connectivity index (χ1) is 8.95. The summed E-state index contributed by atoms with van der Waals surface area (Å²) < 4.78 is 26.8. The predicted molar refractivity (Wildman–Crippen MR) is 80.9 cm³/mol. The van der Waals surface area contributed by atoms with Crippen LogP contribution in [-0.2, 0) is 10.0 Å². The second-order valence-corrected chi connectivity index (χ2v) is 8.13. The molecule has 1 saturated heterocycles. The van der Waals surface area contributed by atoms with Crippen LogP contribution in [0.2, 0.25) is 0 Å². The fourth-order valence-corrected chi connectivity index (χ4v) is 5.08. The Morgan fingerprint density at radius 1 is 1.47 bits per heavy atom. The van der Waals surface area contributed by atoms with Crippen LogP contribution >= 0.6 is 11.8 Å². The third kappa shape index (κ3) is 3.07. The Morgan fingerprint density at radius 3 is 2.84 bits per heavy atom. The average Bonchev–Trinajstić information content (AvgIpc) is 2.41. The number of sulfonamides is 1. The van der Waals surface area contributed by atoms with Gasteiger partial charge in [-0.3, -0.25) is 0 Å². The fourth-order valence-electron chi connectivity index (χ4n) is 2.12. The van der Waals surface area contributed by atoms with E-state index in [1.807, 2.05) is 18.7 Å². The number of nitrogens with zero attached hydrogens (tertiary/aromatic N) is 1. The second-order valence-electron chi connectivity index (χ2n) is 4.78. The summed E-state index contributed by atoms with van der Waals surface area (Å²) in [6, 6.07) is 4.92. The Labute approximate surface area is 119 Å². The Morgan fingerprint density at radius 2 is 2.21 bits per heavy atom. The number of anilines is 1. The smallest absolute Gasteiger partial charge is 0.243 e. The molecule has 0 aliphatic carbocycles. The summed E-state index contributed by atoms with van der Waals surface area (Å²) in [6.07, 6.45) is 0.997. The molecule has 1 aliphatic heterocycles. The van der Waals surface area contributed by atoms with E-state index < -0.39 is 10.0 Å². The molecule has 0 spiro atoms. The highest BCUT2D eigenvalue weighted by Crippen LogP contribution is 2.27. The van der Waals surface area contributed by atoms with Crippen LogP contribution in [-0.4, -0.2) is 36.8 Å². The van der Waals surface area contributed by atoms with Gasteiger partial charge in [-0.2, -0.15) is 16.1 Å². The molecule has 1 atom stereocenters. The Kier molecular flexibility index (Phi) is 4.43. The summed E-state index contributed by atoms with van der Waals surface area (Å²) in [5.74, 6) is 0.867. The van der Waals surface area contributed by atoms with Crippen molar-refractivity contribution in [1.82, 2.24) is 4.31 Å². The van der Waals surface area contributed by atoms with Crippen molar-refractivity contribution in [2.75, 3.05) is 24.6 Å². The standard InChI is InChI=1S/C13H20N2O2S2/c1-3-11-9-15(6-7-18-11)19(16,17)12-4-5-13(14)10(2)8-12/h4-5,8,11H,3,6-7,9,14H2,1-2H3.